The largest absolute Gasteiger partial charge is 0.392 e. The molecule has 25 heavy (non-hydrogen) atoms. The second kappa shape index (κ2) is 6.86. The third kappa shape index (κ3) is 3.44. The van der Waals surface area contributed by atoms with Crippen molar-refractivity contribution in [2.75, 3.05) is 6.54 Å². The van der Waals surface area contributed by atoms with Crippen LogP contribution in [0.15, 0.2) is 48.5 Å². The summed E-state index contributed by atoms with van der Waals surface area (Å²) in [5.74, 6) is -0.973. The van der Waals surface area contributed by atoms with Crippen molar-refractivity contribution < 1.29 is 19.5 Å². The molecular formula is C19H18N2O4. The molecule has 3 amide bonds. The van der Waals surface area contributed by atoms with E-state index in [0.717, 1.165) is 0 Å². The van der Waals surface area contributed by atoms with Crippen molar-refractivity contribution in [3.8, 4) is 0 Å². The molecule has 2 aromatic rings. The van der Waals surface area contributed by atoms with Crippen LogP contribution in [0, 0.1) is 0 Å². The van der Waals surface area contributed by atoms with Crippen molar-refractivity contribution in [2.45, 2.75) is 19.6 Å². The number of carbonyl (C=O) groups is 3. The molecule has 0 bridgehead atoms. The number of nitrogens with zero attached hydrogens (tertiary/aromatic N) is 1. The van der Waals surface area contributed by atoms with E-state index in [1.54, 1.807) is 55.5 Å². The minimum Gasteiger partial charge on any atom is -0.392 e. The molecular weight excluding hydrogens is 320 g/mol. The van der Waals surface area contributed by atoms with Crippen LogP contribution < -0.4 is 5.32 Å². The van der Waals surface area contributed by atoms with E-state index in [9.17, 15) is 19.5 Å². The molecule has 0 saturated heterocycles. The van der Waals surface area contributed by atoms with Gasteiger partial charge in [0.25, 0.3) is 17.7 Å². The van der Waals surface area contributed by atoms with Gasteiger partial charge in [-0.3, -0.25) is 19.3 Å². The number of hydrogen-bond donors (Lipinski definition) is 2. The normalized spacial score (nSPS) is 14.4. The number of benzene rings is 2. The number of imide groups is 1. The lowest BCUT2D eigenvalue weighted by Crippen LogP contribution is -2.31. The highest BCUT2D eigenvalue weighted by molar-refractivity contribution is 6.21. The SMILES string of the molecule is CC(O)CNC(=O)c1cccc(CN2C(=O)c3ccccc3C2=O)c1. The summed E-state index contributed by atoms with van der Waals surface area (Å²) < 4.78 is 0. The summed E-state index contributed by atoms with van der Waals surface area (Å²) in [7, 11) is 0. The first-order valence-corrected chi connectivity index (χ1v) is 7.98. The molecule has 1 unspecified atom stereocenters. The fourth-order valence-electron chi connectivity index (χ4n) is 2.72. The van der Waals surface area contributed by atoms with Crippen LogP contribution in [0.4, 0.5) is 0 Å². The number of hydrogen-bond acceptors (Lipinski definition) is 4. The van der Waals surface area contributed by atoms with Crippen molar-refractivity contribution in [3.05, 3.63) is 70.8 Å². The van der Waals surface area contributed by atoms with Gasteiger partial charge in [-0.1, -0.05) is 24.3 Å². The summed E-state index contributed by atoms with van der Waals surface area (Å²) in [4.78, 5) is 38.1. The topological polar surface area (TPSA) is 86.7 Å². The van der Waals surface area contributed by atoms with Gasteiger partial charge in [0.1, 0.15) is 0 Å². The van der Waals surface area contributed by atoms with Gasteiger partial charge in [0, 0.05) is 12.1 Å². The van der Waals surface area contributed by atoms with Crippen molar-refractivity contribution in [1.82, 2.24) is 10.2 Å². The average molecular weight is 338 g/mol. The highest BCUT2D eigenvalue weighted by atomic mass is 16.3. The van der Waals surface area contributed by atoms with Crippen LogP contribution in [0.25, 0.3) is 0 Å². The summed E-state index contributed by atoms with van der Waals surface area (Å²) in [6.45, 7) is 1.84. The van der Waals surface area contributed by atoms with Crippen LogP contribution in [0.2, 0.25) is 0 Å². The van der Waals surface area contributed by atoms with E-state index in [0.29, 0.717) is 22.3 Å². The summed E-state index contributed by atoms with van der Waals surface area (Å²) in [6.07, 6.45) is -0.634. The van der Waals surface area contributed by atoms with Crippen molar-refractivity contribution in [1.29, 1.82) is 0 Å². The van der Waals surface area contributed by atoms with Gasteiger partial charge in [-0.05, 0) is 36.8 Å². The average Bonchev–Trinajstić information content (AvgIpc) is 2.85. The lowest BCUT2D eigenvalue weighted by Gasteiger charge is -2.14. The van der Waals surface area contributed by atoms with Crippen LogP contribution in [0.3, 0.4) is 0 Å². The van der Waals surface area contributed by atoms with Gasteiger partial charge in [-0.2, -0.15) is 0 Å². The van der Waals surface area contributed by atoms with E-state index in [4.69, 9.17) is 0 Å². The van der Waals surface area contributed by atoms with E-state index in [1.807, 2.05) is 0 Å². The molecule has 0 aliphatic carbocycles. The molecule has 1 aliphatic heterocycles. The maximum atomic E-state index is 12.4. The minimum absolute atomic E-state index is 0.101. The van der Waals surface area contributed by atoms with Crippen LogP contribution >= 0.6 is 0 Å². The van der Waals surface area contributed by atoms with Gasteiger partial charge in [-0.15, -0.1) is 0 Å². The van der Waals surface area contributed by atoms with E-state index >= 15 is 0 Å². The fourth-order valence-corrected chi connectivity index (χ4v) is 2.72. The molecule has 6 nitrogen and oxygen atoms in total. The smallest absolute Gasteiger partial charge is 0.261 e. The van der Waals surface area contributed by atoms with Crippen molar-refractivity contribution >= 4 is 17.7 Å². The highest BCUT2D eigenvalue weighted by Gasteiger charge is 2.34. The van der Waals surface area contributed by atoms with Gasteiger partial charge in [0.05, 0.1) is 23.8 Å². The summed E-state index contributed by atoms with van der Waals surface area (Å²) >= 11 is 0. The van der Waals surface area contributed by atoms with Gasteiger partial charge in [0.15, 0.2) is 0 Å². The zero-order valence-corrected chi connectivity index (χ0v) is 13.7. The third-order valence-electron chi connectivity index (χ3n) is 3.97. The Morgan fingerprint density at radius 2 is 1.72 bits per heavy atom. The Morgan fingerprint density at radius 3 is 2.32 bits per heavy atom. The molecule has 0 aromatic heterocycles. The summed E-state index contributed by atoms with van der Waals surface area (Å²) in [6, 6.07) is 13.5. The van der Waals surface area contributed by atoms with Crippen molar-refractivity contribution in [2.24, 2.45) is 0 Å². The molecule has 1 heterocycles. The Bertz CT molecular complexity index is 810. The van der Waals surface area contributed by atoms with Gasteiger partial charge in [-0.25, -0.2) is 0 Å². The van der Waals surface area contributed by atoms with E-state index in [2.05, 4.69) is 5.32 Å². The number of aliphatic hydroxyl groups is 1. The molecule has 128 valence electrons. The molecule has 1 aliphatic rings. The summed E-state index contributed by atoms with van der Waals surface area (Å²) in [5, 5.41) is 11.9. The molecule has 3 rings (SSSR count). The fraction of sp³-hybridized carbons (Fsp3) is 0.211. The van der Waals surface area contributed by atoms with Gasteiger partial charge in [0.2, 0.25) is 0 Å². The number of aliphatic hydroxyl groups excluding tert-OH is 1. The number of rotatable bonds is 5. The van der Waals surface area contributed by atoms with Crippen molar-refractivity contribution in [3.63, 3.8) is 0 Å². The van der Waals surface area contributed by atoms with E-state index in [1.165, 1.54) is 4.90 Å². The second-order valence-electron chi connectivity index (χ2n) is 6.00. The maximum absolute atomic E-state index is 12.4. The number of nitrogens with one attached hydrogen (secondary N) is 1. The van der Waals surface area contributed by atoms with Crippen LogP contribution in [-0.4, -0.2) is 40.4 Å². The maximum Gasteiger partial charge on any atom is 0.261 e. The third-order valence-corrected chi connectivity index (χ3v) is 3.97. The first-order chi connectivity index (χ1) is 12.0. The Balaban J connectivity index is 1.76. The lowest BCUT2D eigenvalue weighted by atomic mass is 10.1. The van der Waals surface area contributed by atoms with Crippen LogP contribution in [-0.2, 0) is 6.54 Å². The predicted octanol–water partition coefficient (Wildman–Crippen LogP) is 1.59. The molecule has 1 atom stereocenters. The Morgan fingerprint density at radius 1 is 1.08 bits per heavy atom. The number of amides is 3. The van der Waals surface area contributed by atoms with Gasteiger partial charge >= 0.3 is 0 Å². The number of fused-ring (bicyclic) bond motifs is 1. The molecule has 0 spiro atoms. The van der Waals surface area contributed by atoms with E-state index < -0.39 is 6.10 Å². The minimum atomic E-state index is -0.634. The standard InChI is InChI=1S/C19H18N2O4/c1-12(22)10-20-17(23)14-6-4-5-13(9-14)11-21-18(24)15-7-2-3-8-16(15)19(21)25/h2-9,12,22H,10-11H2,1H3,(H,20,23). The molecule has 0 saturated carbocycles. The monoisotopic (exact) mass is 338 g/mol. The quantitative estimate of drug-likeness (QED) is 0.811. The zero-order chi connectivity index (χ0) is 18.0. The molecule has 2 aromatic carbocycles. The Hall–Kier alpha value is -2.99. The molecule has 0 radical (unpaired) electrons. The van der Waals surface area contributed by atoms with Crippen LogP contribution in [0.1, 0.15) is 43.6 Å². The Labute approximate surface area is 145 Å². The molecule has 2 N–H and O–H groups in total. The summed E-state index contributed by atoms with van der Waals surface area (Å²) in [5.41, 5.74) is 1.89. The second-order valence-corrected chi connectivity index (χ2v) is 6.00. The lowest BCUT2D eigenvalue weighted by molar-refractivity contribution is 0.0642. The zero-order valence-electron chi connectivity index (χ0n) is 13.7. The van der Waals surface area contributed by atoms with E-state index in [-0.39, 0.29) is 30.8 Å². The first-order valence-electron chi connectivity index (χ1n) is 7.98. The first kappa shape index (κ1) is 16.9. The molecule has 0 fully saturated rings. The van der Waals surface area contributed by atoms with Crippen LogP contribution in [0.5, 0.6) is 0 Å². The van der Waals surface area contributed by atoms with Gasteiger partial charge < -0.3 is 10.4 Å². The number of carbonyl (C=O) groups excluding carboxylic acids is 3. The Kier molecular flexibility index (Phi) is 4.63. The molecule has 6 heteroatoms. The highest BCUT2D eigenvalue weighted by Crippen LogP contribution is 2.24. The predicted molar refractivity (Wildman–Crippen MR) is 91.1 cm³/mol.